The number of rotatable bonds is 5. The Hall–Kier alpha value is -4.44. The Labute approximate surface area is 226 Å². The molecule has 40 heavy (non-hydrogen) atoms. The Morgan fingerprint density at radius 1 is 1.10 bits per heavy atom. The molecule has 1 amide bonds. The van der Waals surface area contributed by atoms with Crippen LogP contribution in [-0.4, -0.2) is 53.3 Å². The molecule has 1 saturated heterocycles. The Morgan fingerprint density at radius 2 is 1.82 bits per heavy atom. The molecule has 13 heteroatoms. The highest BCUT2D eigenvalue weighted by Crippen LogP contribution is 2.29. The molecule has 1 fully saturated rings. The van der Waals surface area contributed by atoms with Gasteiger partial charge in [0.2, 0.25) is 5.95 Å². The van der Waals surface area contributed by atoms with Gasteiger partial charge in [-0.05, 0) is 35.9 Å². The summed E-state index contributed by atoms with van der Waals surface area (Å²) in [6.45, 7) is 1.79. The maximum Gasteiger partial charge on any atom is 0.416 e. The van der Waals surface area contributed by atoms with Gasteiger partial charge in [-0.15, -0.1) is 0 Å². The van der Waals surface area contributed by atoms with Crippen molar-refractivity contribution in [2.45, 2.75) is 25.7 Å². The first-order valence-corrected chi connectivity index (χ1v) is 12.5. The van der Waals surface area contributed by atoms with E-state index in [0.29, 0.717) is 43.1 Å². The van der Waals surface area contributed by atoms with Gasteiger partial charge < -0.3 is 20.0 Å². The lowest BCUT2D eigenvalue weighted by molar-refractivity contribution is -0.137. The first-order valence-electron chi connectivity index (χ1n) is 12.5. The zero-order chi connectivity index (χ0) is 28.4. The molecular formula is C27H24F4N6O3. The third kappa shape index (κ3) is 5.48. The van der Waals surface area contributed by atoms with E-state index in [9.17, 15) is 27.2 Å². The van der Waals surface area contributed by atoms with E-state index in [-0.39, 0.29) is 43.1 Å². The molecule has 0 saturated carbocycles. The number of nitriles is 1. The lowest BCUT2D eigenvalue weighted by atomic mass is 10.0. The molecule has 0 bridgehead atoms. The maximum atomic E-state index is 14.5. The molecule has 3 heterocycles. The Morgan fingerprint density at radius 3 is 2.48 bits per heavy atom. The number of benzene rings is 2. The topological polar surface area (TPSA) is 103 Å². The van der Waals surface area contributed by atoms with Gasteiger partial charge in [-0.1, -0.05) is 12.1 Å². The highest BCUT2D eigenvalue weighted by Gasteiger charge is 2.31. The number of amides is 1. The van der Waals surface area contributed by atoms with Crippen molar-refractivity contribution < 1.29 is 27.1 Å². The fraction of sp³-hybridized carbons (Fsp3) is 0.333. The minimum Gasteiger partial charge on any atom is -0.378 e. The lowest BCUT2D eigenvalue weighted by Crippen LogP contribution is -2.52. The van der Waals surface area contributed by atoms with Crippen LogP contribution >= 0.6 is 0 Å². The second-order valence-electron chi connectivity index (χ2n) is 9.38. The molecule has 2 aliphatic heterocycles. The number of carbonyl (C=O) groups is 1. The van der Waals surface area contributed by atoms with E-state index in [4.69, 9.17) is 10.00 Å². The quantitative estimate of drug-likeness (QED) is 0.482. The molecular weight excluding hydrogens is 532 g/mol. The highest BCUT2D eigenvalue weighted by atomic mass is 19.4. The van der Waals surface area contributed by atoms with Gasteiger partial charge in [0.25, 0.3) is 11.5 Å². The van der Waals surface area contributed by atoms with Gasteiger partial charge in [-0.2, -0.15) is 23.1 Å². The number of hydrogen-bond acceptors (Lipinski definition) is 7. The number of anilines is 1. The fourth-order valence-electron chi connectivity index (χ4n) is 4.69. The number of aromatic nitrogens is 2. The minimum absolute atomic E-state index is 0.0804. The van der Waals surface area contributed by atoms with E-state index in [1.54, 1.807) is 5.01 Å². The van der Waals surface area contributed by atoms with Crippen LogP contribution in [0.25, 0.3) is 0 Å². The second kappa shape index (κ2) is 11.0. The summed E-state index contributed by atoms with van der Waals surface area (Å²) in [4.78, 5) is 32.9. The largest absolute Gasteiger partial charge is 0.416 e. The molecule has 0 atom stereocenters. The standard InChI is InChI=1S/C27H24F4N6O3/c28-22-13-18(14-32)3-6-20(22)24(38)35-8-7-23-21(16-35)25(39)37(36-9-11-40-12-10-36)26(34-23)33-15-17-1-4-19(5-2-17)27(29,30)31/h1-6,13H,7-12,15-16H2,(H,33,34). The summed E-state index contributed by atoms with van der Waals surface area (Å²) in [6, 6.07) is 10.1. The molecule has 0 spiro atoms. The Balaban J connectivity index is 1.43. The monoisotopic (exact) mass is 556 g/mol. The second-order valence-corrected chi connectivity index (χ2v) is 9.38. The number of nitrogens with one attached hydrogen (secondary N) is 1. The number of alkyl halides is 3. The summed E-state index contributed by atoms with van der Waals surface area (Å²) in [5, 5.41) is 13.8. The van der Waals surface area contributed by atoms with Crippen molar-refractivity contribution in [2.24, 2.45) is 0 Å². The molecule has 0 unspecified atom stereocenters. The van der Waals surface area contributed by atoms with E-state index < -0.39 is 29.0 Å². The van der Waals surface area contributed by atoms with Crippen molar-refractivity contribution in [3.8, 4) is 6.07 Å². The summed E-state index contributed by atoms with van der Waals surface area (Å²) in [5.41, 5.74) is 0.0717. The van der Waals surface area contributed by atoms with E-state index >= 15 is 0 Å². The molecule has 5 rings (SSSR count). The fourth-order valence-corrected chi connectivity index (χ4v) is 4.69. The van der Waals surface area contributed by atoms with Crippen LogP contribution in [0.5, 0.6) is 0 Å². The van der Waals surface area contributed by atoms with E-state index in [2.05, 4.69) is 10.3 Å². The predicted octanol–water partition coefficient (Wildman–Crippen LogP) is 3.05. The summed E-state index contributed by atoms with van der Waals surface area (Å²) in [5.74, 6) is -1.19. The average molecular weight is 557 g/mol. The SMILES string of the molecule is N#Cc1ccc(C(=O)N2CCc3nc(NCc4ccc(C(F)(F)F)cc4)n(N4CCOCC4)c(=O)c3C2)c(F)c1. The highest BCUT2D eigenvalue weighted by molar-refractivity contribution is 5.94. The van der Waals surface area contributed by atoms with Crippen molar-refractivity contribution in [1.82, 2.24) is 14.6 Å². The minimum atomic E-state index is -4.44. The van der Waals surface area contributed by atoms with E-state index in [0.717, 1.165) is 18.2 Å². The number of carbonyl (C=O) groups excluding carboxylic acids is 1. The molecule has 2 aromatic carbocycles. The summed E-state index contributed by atoms with van der Waals surface area (Å²) in [6.07, 6.45) is -4.20. The van der Waals surface area contributed by atoms with Gasteiger partial charge in [0.1, 0.15) is 5.82 Å². The molecule has 208 valence electrons. The zero-order valence-electron chi connectivity index (χ0n) is 21.2. The van der Waals surface area contributed by atoms with Crippen LogP contribution in [-0.2, 0) is 30.4 Å². The number of halogens is 4. The number of morpholine rings is 1. The van der Waals surface area contributed by atoms with Crippen LogP contribution in [0.3, 0.4) is 0 Å². The van der Waals surface area contributed by atoms with Gasteiger partial charge in [0, 0.05) is 19.5 Å². The predicted molar refractivity (Wildman–Crippen MR) is 136 cm³/mol. The lowest BCUT2D eigenvalue weighted by Gasteiger charge is -2.34. The van der Waals surface area contributed by atoms with Crippen molar-refractivity contribution in [3.63, 3.8) is 0 Å². The van der Waals surface area contributed by atoms with Gasteiger partial charge in [-0.25, -0.2) is 9.37 Å². The zero-order valence-corrected chi connectivity index (χ0v) is 21.2. The third-order valence-corrected chi connectivity index (χ3v) is 6.83. The van der Waals surface area contributed by atoms with Crippen LogP contribution in [0, 0.1) is 17.1 Å². The molecule has 9 nitrogen and oxygen atoms in total. The summed E-state index contributed by atoms with van der Waals surface area (Å²) in [7, 11) is 0. The van der Waals surface area contributed by atoms with Crippen LogP contribution < -0.4 is 15.9 Å². The van der Waals surface area contributed by atoms with Gasteiger partial charge >= 0.3 is 6.18 Å². The molecule has 2 aliphatic rings. The summed E-state index contributed by atoms with van der Waals surface area (Å²) >= 11 is 0. The van der Waals surface area contributed by atoms with Crippen LogP contribution in [0.15, 0.2) is 47.3 Å². The summed E-state index contributed by atoms with van der Waals surface area (Å²) < 4.78 is 60.1. The van der Waals surface area contributed by atoms with E-state index in [1.165, 1.54) is 33.8 Å². The molecule has 0 aliphatic carbocycles. The smallest absolute Gasteiger partial charge is 0.378 e. The molecule has 1 aromatic heterocycles. The first kappa shape index (κ1) is 27.1. The normalized spacial score (nSPS) is 15.4. The van der Waals surface area contributed by atoms with E-state index in [1.807, 2.05) is 6.07 Å². The molecule has 1 N–H and O–H groups in total. The molecule has 3 aromatic rings. The van der Waals surface area contributed by atoms with Crippen molar-refractivity contribution in [3.05, 3.63) is 92.1 Å². The van der Waals surface area contributed by atoms with Gasteiger partial charge in [0.05, 0.1) is 66.9 Å². The number of ether oxygens (including phenoxy) is 1. The maximum absolute atomic E-state index is 14.5. The van der Waals surface area contributed by atoms with Crippen LogP contribution in [0.2, 0.25) is 0 Å². The van der Waals surface area contributed by atoms with Crippen molar-refractivity contribution in [2.75, 3.05) is 43.2 Å². The molecule has 0 radical (unpaired) electrons. The third-order valence-electron chi connectivity index (χ3n) is 6.83. The van der Waals surface area contributed by atoms with Gasteiger partial charge in [0.15, 0.2) is 0 Å². The van der Waals surface area contributed by atoms with Crippen LogP contribution in [0.1, 0.15) is 38.3 Å². The number of fused-ring (bicyclic) bond motifs is 1. The first-order chi connectivity index (χ1) is 19.2. The van der Waals surface area contributed by atoms with Crippen molar-refractivity contribution in [1.29, 1.82) is 5.26 Å². The van der Waals surface area contributed by atoms with Crippen molar-refractivity contribution >= 4 is 11.9 Å². The van der Waals surface area contributed by atoms with Crippen LogP contribution in [0.4, 0.5) is 23.5 Å². The average Bonchev–Trinajstić information content (AvgIpc) is 2.95. The van der Waals surface area contributed by atoms with Gasteiger partial charge in [-0.3, -0.25) is 9.59 Å². The number of nitrogens with zero attached hydrogens (tertiary/aromatic N) is 5. The Kier molecular flexibility index (Phi) is 7.44. The number of hydrogen-bond donors (Lipinski definition) is 1. The Bertz CT molecular complexity index is 1530.